The second kappa shape index (κ2) is 4.46. The number of hydrogen-bond donors (Lipinski definition) is 1. The highest BCUT2D eigenvalue weighted by molar-refractivity contribution is 5.18. The van der Waals surface area contributed by atoms with E-state index in [0.29, 0.717) is 0 Å². The third-order valence-electron chi connectivity index (χ3n) is 2.53. The molecule has 0 aliphatic carbocycles. The molecule has 0 bridgehead atoms. The highest BCUT2D eigenvalue weighted by Crippen LogP contribution is 2.26. The van der Waals surface area contributed by atoms with E-state index >= 15 is 0 Å². The minimum Gasteiger partial charge on any atom is -0.366 e. The van der Waals surface area contributed by atoms with Crippen LogP contribution in [0, 0.1) is 10.1 Å². The van der Waals surface area contributed by atoms with Gasteiger partial charge in [-0.25, -0.2) is 10.1 Å². The van der Waals surface area contributed by atoms with Crippen LogP contribution in [0.1, 0.15) is 11.7 Å². The Morgan fingerprint density at radius 3 is 2.75 bits per heavy atom. The zero-order valence-corrected chi connectivity index (χ0v) is 8.52. The lowest BCUT2D eigenvalue weighted by Gasteiger charge is -2.32. The van der Waals surface area contributed by atoms with Crippen molar-refractivity contribution in [2.45, 2.75) is 12.3 Å². The van der Waals surface area contributed by atoms with Crippen LogP contribution in [-0.2, 0) is 4.74 Å². The molecule has 1 aliphatic heterocycles. The van der Waals surface area contributed by atoms with Gasteiger partial charge in [0.15, 0.2) is 5.03 Å². The Balaban J connectivity index is 2.19. The third kappa shape index (κ3) is 1.98. The molecule has 2 rings (SSSR count). The Labute approximate surface area is 92.2 Å². The Kier molecular flexibility index (Phi) is 3.02. The van der Waals surface area contributed by atoms with E-state index in [2.05, 4.69) is 0 Å². The fourth-order valence-corrected chi connectivity index (χ4v) is 1.74. The predicted molar refractivity (Wildman–Crippen MR) is 54.8 cm³/mol. The van der Waals surface area contributed by atoms with Gasteiger partial charge in [-0.15, -0.1) is 0 Å². The third-order valence-corrected chi connectivity index (χ3v) is 2.53. The van der Waals surface area contributed by atoms with Crippen molar-refractivity contribution in [1.82, 2.24) is 5.01 Å². The number of nitro groups is 1. The number of hydrazine groups is 1. The van der Waals surface area contributed by atoms with Crippen LogP contribution in [0.2, 0.25) is 0 Å². The first-order valence-corrected chi connectivity index (χ1v) is 4.95. The molecule has 1 fully saturated rings. The van der Waals surface area contributed by atoms with Crippen LogP contribution in [0.25, 0.3) is 0 Å². The number of morpholine rings is 1. The zero-order valence-electron chi connectivity index (χ0n) is 8.52. The summed E-state index contributed by atoms with van der Waals surface area (Å²) in [4.78, 5) is 10.7. The summed E-state index contributed by atoms with van der Waals surface area (Å²) >= 11 is 0. The van der Waals surface area contributed by atoms with Gasteiger partial charge < -0.3 is 9.84 Å². The number of hydrogen-bond acceptors (Lipinski definition) is 4. The Morgan fingerprint density at radius 2 is 2.12 bits per heavy atom. The SMILES string of the molecule is O=[N+]([O-])N1CCOC(c2ccccc2)C1O. The molecule has 86 valence electrons. The van der Waals surface area contributed by atoms with Crippen LogP contribution in [0.15, 0.2) is 30.3 Å². The summed E-state index contributed by atoms with van der Waals surface area (Å²) in [6, 6.07) is 8.99. The van der Waals surface area contributed by atoms with Crippen molar-refractivity contribution in [2.24, 2.45) is 0 Å². The molecule has 6 nitrogen and oxygen atoms in total. The average molecular weight is 224 g/mol. The fourth-order valence-electron chi connectivity index (χ4n) is 1.74. The van der Waals surface area contributed by atoms with Crippen molar-refractivity contribution in [2.75, 3.05) is 13.2 Å². The molecule has 6 heteroatoms. The van der Waals surface area contributed by atoms with Gasteiger partial charge in [0.25, 0.3) is 0 Å². The predicted octanol–water partition coefficient (Wildman–Crippen LogP) is 0.570. The smallest absolute Gasteiger partial charge is 0.215 e. The minimum absolute atomic E-state index is 0.0947. The maximum absolute atomic E-state index is 10.7. The summed E-state index contributed by atoms with van der Waals surface area (Å²) in [5.41, 5.74) is 0.738. The number of ether oxygens (including phenoxy) is 1. The topological polar surface area (TPSA) is 75.8 Å². The van der Waals surface area contributed by atoms with Crippen LogP contribution in [0.3, 0.4) is 0 Å². The summed E-state index contributed by atoms with van der Waals surface area (Å²) in [7, 11) is 0. The van der Waals surface area contributed by atoms with Crippen molar-refractivity contribution in [3.8, 4) is 0 Å². The average Bonchev–Trinajstić information content (AvgIpc) is 2.30. The Bertz CT molecular complexity index is 370. The number of rotatable bonds is 2. The van der Waals surface area contributed by atoms with Gasteiger partial charge in [-0.3, -0.25) is 0 Å². The van der Waals surface area contributed by atoms with Gasteiger partial charge in [-0.05, 0) is 5.56 Å². The molecule has 2 atom stereocenters. The second-order valence-corrected chi connectivity index (χ2v) is 3.52. The molecule has 0 amide bonds. The fraction of sp³-hybridized carbons (Fsp3) is 0.400. The van der Waals surface area contributed by atoms with Crippen LogP contribution < -0.4 is 0 Å². The molecule has 16 heavy (non-hydrogen) atoms. The monoisotopic (exact) mass is 224 g/mol. The van der Waals surface area contributed by atoms with Crippen molar-refractivity contribution < 1.29 is 14.9 Å². The van der Waals surface area contributed by atoms with E-state index in [9.17, 15) is 15.2 Å². The summed E-state index contributed by atoms with van der Waals surface area (Å²) in [5, 5.41) is 20.7. The maximum atomic E-state index is 10.7. The Hall–Kier alpha value is -1.66. The molecule has 1 aromatic rings. The molecule has 0 spiro atoms. The van der Waals surface area contributed by atoms with Crippen molar-refractivity contribution in [3.63, 3.8) is 0 Å². The molecule has 0 aromatic heterocycles. The number of benzene rings is 1. The molecule has 1 aliphatic rings. The molecule has 0 saturated carbocycles. The van der Waals surface area contributed by atoms with Crippen LogP contribution in [0.4, 0.5) is 0 Å². The number of aliphatic hydroxyl groups is 1. The molecule has 1 N–H and O–H groups in total. The largest absolute Gasteiger partial charge is 0.366 e. The van der Waals surface area contributed by atoms with Crippen molar-refractivity contribution in [3.05, 3.63) is 46.0 Å². The van der Waals surface area contributed by atoms with Crippen molar-refractivity contribution in [1.29, 1.82) is 0 Å². The van der Waals surface area contributed by atoms with E-state index in [0.717, 1.165) is 10.6 Å². The Morgan fingerprint density at radius 1 is 1.44 bits per heavy atom. The summed E-state index contributed by atoms with van der Waals surface area (Å²) in [6.45, 7) is 0.328. The number of nitrogens with zero attached hydrogens (tertiary/aromatic N) is 2. The van der Waals surface area contributed by atoms with Gasteiger partial charge in [0.2, 0.25) is 6.23 Å². The van der Waals surface area contributed by atoms with Gasteiger partial charge in [-0.1, -0.05) is 35.3 Å². The highest BCUT2D eigenvalue weighted by Gasteiger charge is 2.37. The van der Waals surface area contributed by atoms with E-state index in [1.807, 2.05) is 6.07 Å². The molecule has 1 saturated heterocycles. The summed E-state index contributed by atoms with van der Waals surface area (Å²) in [6.07, 6.45) is -1.91. The lowest BCUT2D eigenvalue weighted by Crippen LogP contribution is -2.49. The van der Waals surface area contributed by atoms with E-state index < -0.39 is 17.4 Å². The quantitative estimate of drug-likeness (QED) is 0.587. The normalized spacial score (nSPS) is 25.4. The molecule has 1 aromatic carbocycles. The van der Waals surface area contributed by atoms with Gasteiger partial charge in [0, 0.05) is 0 Å². The molecule has 1 heterocycles. The molecular weight excluding hydrogens is 212 g/mol. The number of aliphatic hydroxyl groups excluding tert-OH is 1. The van der Waals surface area contributed by atoms with E-state index in [-0.39, 0.29) is 13.2 Å². The maximum Gasteiger partial charge on any atom is 0.215 e. The van der Waals surface area contributed by atoms with Gasteiger partial charge in [0.05, 0.1) is 6.61 Å². The minimum atomic E-state index is -1.24. The molecule has 2 unspecified atom stereocenters. The highest BCUT2D eigenvalue weighted by atomic mass is 16.7. The van der Waals surface area contributed by atoms with Crippen molar-refractivity contribution >= 4 is 0 Å². The standard InChI is InChI=1S/C10H12N2O4/c13-10-9(8-4-2-1-3-5-8)16-7-6-11(10)12(14)15/h1-5,9-10,13H,6-7H2. The molecule has 0 radical (unpaired) electrons. The van der Waals surface area contributed by atoms with Crippen LogP contribution in [-0.4, -0.2) is 34.5 Å². The van der Waals surface area contributed by atoms with Crippen LogP contribution in [0.5, 0.6) is 0 Å². The first-order chi connectivity index (χ1) is 7.70. The lowest BCUT2D eigenvalue weighted by atomic mass is 10.1. The summed E-state index contributed by atoms with van der Waals surface area (Å²) < 4.78 is 5.36. The first-order valence-electron chi connectivity index (χ1n) is 4.95. The van der Waals surface area contributed by atoms with E-state index in [1.165, 1.54) is 0 Å². The van der Waals surface area contributed by atoms with Gasteiger partial charge in [-0.2, -0.15) is 0 Å². The second-order valence-electron chi connectivity index (χ2n) is 3.52. The van der Waals surface area contributed by atoms with Crippen LogP contribution >= 0.6 is 0 Å². The van der Waals surface area contributed by atoms with Gasteiger partial charge in [0.1, 0.15) is 12.6 Å². The lowest BCUT2D eigenvalue weighted by molar-refractivity contribution is -0.683. The molecular formula is C10H12N2O4. The summed E-state index contributed by atoms with van der Waals surface area (Å²) in [5.74, 6) is 0. The van der Waals surface area contributed by atoms with E-state index in [1.54, 1.807) is 24.3 Å². The first kappa shape index (κ1) is 10.8. The zero-order chi connectivity index (χ0) is 11.5. The van der Waals surface area contributed by atoms with E-state index in [4.69, 9.17) is 4.74 Å². The van der Waals surface area contributed by atoms with Gasteiger partial charge >= 0.3 is 0 Å².